The van der Waals surface area contributed by atoms with E-state index in [-0.39, 0.29) is 29.0 Å². The van der Waals surface area contributed by atoms with Gasteiger partial charge in [-0.05, 0) is 103 Å². The molecule has 0 fully saturated rings. The summed E-state index contributed by atoms with van der Waals surface area (Å²) >= 11 is 0. The lowest BCUT2D eigenvalue weighted by molar-refractivity contribution is 0.0692. The molecule has 0 radical (unpaired) electrons. The number of hydrogen-bond donors (Lipinski definition) is 0. The van der Waals surface area contributed by atoms with Crippen molar-refractivity contribution < 1.29 is 28.7 Å². The molecule has 5 aromatic rings. The van der Waals surface area contributed by atoms with Crippen molar-refractivity contribution in [1.29, 1.82) is 0 Å². The molecule has 2 aliphatic heterocycles. The van der Waals surface area contributed by atoms with E-state index in [0.29, 0.717) is 50.9 Å². The van der Waals surface area contributed by atoms with Gasteiger partial charge in [0.1, 0.15) is 23.0 Å². The molecule has 5 aromatic carbocycles. The Morgan fingerprint density at radius 1 is 0.490 bits per heavy atom. The molecule has 0 spiro atoms. The van der Waals surface area contributed by atoms with Crippen LogP contribution in [0.15, 0.2) is 109 Å². The molecule has 2 heterocycles. The summed E-state index contributed by atoms with van der Waals surface area (Å²) in [4.78, 5) is 51.7. The van der Waals surface area contributed by atoms with Gasteiger partial charge in [-0.1, -0.05) is 62.7 Å². The largest absolute Gasteiger partial charge is 0.457 e. The first-order valence-electron chi connectivity index (χ1n) is 15.9. The van der Waals surface area contributed by atoms with Crippen molar-refractivity contribution in [2.45, 2.75) is 40.0 Å². The average molecular weight is 653 g/mol. The summed E-state index contributed by atoms with van der Waals surface area (Å²) in [6, 6.07) is 32.8. The minimum atomic E-state index is -0.329. The number of carbonyl (C=O) groups excluding carboxylic acids is 4. The van der Waals surface area contributed by atoms with Crippen molar-refractivity contribution in [1.82, 2.24) is 4.90 Å². The second kappa shape index (κ2) is 12.9. The maximum atomic E-state index is 12.8. The van der Waals surface area contributed by atoms with Crippen LogP contribution in [-0.4, -0.2) is 35.6 Å². The van der Waals surface area contributed by atoms with Crippen molar-refractivity contribution in [3.63, 3.8) is 0 Å². The third-order valence-corrected chi connectivity index (χ3v) is 8.39. The summed E-state index contributed by atoms with van der Waals surface area (Å²) in [5.41, 5.74) is 5.59. The minimum Gasteiger partial charge on any atom is -0.457 e. The summed E-state index contributed by atoms with van der Waals surface area (Å²) < 4.78 is 11.6. The highest BCUT2D eigenvalue weighted by Crippen LogP contribution is 2.33. The number of fused-ring (bicyclic) bond motifs is 2. The molecule has 2 aliphatic rings. The van der Waals surface area contributed by atoms with Gasteiger partial charge in [-0.3, -0.25) is 24.1 Å². The molecule has 0 N–H and O–H groups in total. The van der Waals surface area contributed by atoms with Crippen LogP contribution in [0.5, 0.6) is 23.0 Å². The summed E-state index contributed by atoms with van der Waals surface area (Å²) in [6.45, 7) is 10.4. The Hall–Kier alpha value is -6.02. The van der Waals surface area contributed by atoms with Crippen molar-refractivity contribution in [2.24, 2.45) is 0 Å². The van der Waals surface area contributed by atoms with Crippen LogP contribution >= 0.6 is 0 Å². The highest BCUT2D eigenvalue weighted by molar-refractivity contribution is 6.34. The Balaban J connectivity index is 0.000000171. The van der Waals surface area contributed by atoms with Crippen LogP contribution in [0.2, 0.25) is 0 Å². The van der Waals surface area contributed by atoms with Crippen LogP contribution < -0.4 is 14.4 Å². The molecule has 0 aromatic heterocycles. The number of ether oxygens (including phenoxy) is 2. The monoisotopic (exact) mass is 652 g/mol. The summed E-state index contributed by atoms with van der Waals surface area (Å²) in [5, 5.41) is 0. The van der Waals surface area contributed by atoms with E-state index in [2.05, 4.69) is 20.8 Å². The quantitative estimate of drug-likeness (QED) is 0.176. The van der Waals surface area contributed by atoms with Gasteiger partial charge in [0.05, 0.1) is 27.9 Å². The number of rotatable bonds is 5. The van der Waals surface area contributed by atoms with E-state index in [4.69, 9.17) is 9.47 Å². The van der Waals surface area contributed by atoms with Gasteiger partial charge in [-0.25, -0.2) is 4.90 Å². The van der Waals surface area contributed by atoms with E-state index in [1.54, 1.807) is 42.5 Å². The average Bonchev–Trinajstić information content (AvgIpc) is 3.45. The highest BCUT2D eigenvalue weighted by atomic mass is 16.5. The fraction of sp³-hybridized carbons (Fsp3) is 0.171. The Morgan fingerprint density at radius 2 is 0.959 bits per heavy atom. The molecule has 0 saturated carbocycles. The number of amides is 4. The van der Waals surface area contributed by atoms with Gasteiger partial charge in [-0.15, -0.1) is 0 Å². The zero-order valence-corrected chi connectivity index (χ0v) is 28.2. The fourth-order valence-corrected chi connectivity index (χ4v) is 5.59. The summed E-state index contributed by atoms with van der Waals surface area (Å²) in [6.07, 6.45) is 0. The predicted molar refractivity (Wildman–Crippen MR) is 188 cm³/mol. The molecule has 49 heavy (non-hydrogen) atoms. The lowest BCUT2D eigenvalue weighted by Crippen LogP contribution is -2.29. The first-order chi connectivity index (χ1) is 23.3. The van der Waals surface area contributed by atoms with Gasteiger partial charge in [0.25, 0.3) is 23.6 Å². The summed E-state index contributed by atoms with van der Waals surface area (Å²) in [5.74, 6) is 1.25. The standard InChI is InChI=1S/C22H17NO3.C19H19NO3/c1-14-6-8-17(9-7-14)26-18-10-11-19-20(13-18)22(25)23(21(19)24)16-5-3-4-15(2)12-16;1-19(2,3)12-5-7-13(8-6-12)23-14-9-10-15-16(11-14)18(22)20(4)17(15)21/h3-13H,1-2H3;5-11H,1-4H3. The van der Waals surface area contributed by atoms with E-state index in [1.807, 2.05) is 80.6 Å². The lowest BCUT2D eigenvalue weighted by Gasteiger charge is -2.19. The Morgan fingerprint density at radius 3 is 1.51 bits per heavy atom. The van der Waals surface area contributed by atoms with Crippen molar-refractivity contribution in [2.75, 3.05) is 11.9 Å². The zero-order chi connectivity index (χ0) is 35.0. The van der Waals surface area contributed by atoms with Gasteiger partial charge in [0.15, 0.2) is 0 Å². The van der Waals surface area contributed by atoms with Gasteiger partial charge in [0, 0.05) is 7.05 Å². The molecular weight excluding hydrogens is 616 g/mol. The van der Waals surface area contributed by atoms with E-state index >= 15 is 0 Å². The first kappa shape index (κ1) is 32.9. The fourth-order valence-electron chi connectivity index (χ4n) is 5.59. The number of aryl methyl sites for hydroxylation is 2. The second-order valence-corrected chi connectivity index (χ2v) is 13.2. The molecule has 0 unspecified atom stereocenters. The van der Waals surface area contributed by atoms with E-state index in [9.17, 15) is 19.2 Å². The molecular formula is C41H36N2O6. The maximum absolute atomic E-state index is 12.8. The highest BCUT2D eigenvalue weighted by Gasteiger charge is 2.37. The molecule has 7 rings (SSSR count). The number of carbonyl (C=O) groups is 4. The van der Waals surface area contributed by atoms with E-state index in [1.165, 1.54) is 17.5 Å². The smallest absolute Gasteiger partial charge is 0.266 e. The third-order valence-electron chi connectivity index (χ3n) is 8.39. The molecule has 0 saturated heterocycles. The number of anilines is 1. The van der Waals surface area contributed by atoms with Crippen LogP contribution in [0.3, 0.4) is 0 Å². The topological polar surface area (TPSA) is 93.2 Å². The lowest BCUT2D eigenvalue weighted by atomic mass is 9.87. The van der Waals surface area contributed by atoms with Gasteiger partial charge in [0.2, 0.25) is 0 Å². The second-order valence-electron chi connectivity index (χ2n) is 13.2. The van der Waals surface area contributed by atoms with E-state index < -0.39 is 0 Å². The number of hydrogen-bond acceptors (Lipinski definition) is 6. The van der Waals surface area contributed by atoms with Crippen molar-refractivity contribution in [3.8, 4) is 23.0 Å². The van der Waals surface area contributed by atoms with Crippen LogP contribution in [0.1, 0.15) is 78.9 Å². The summed E-state index contributed by atoms with van der Waals surface area (Å²) in [7, 11) is 1.48. The number of imide groups is 2. The number of nitrogens with zero attached hydrogens (tertiary/aromatic N) is 2. The van der Waals surface area contributed by atoms with E-state index in [0.717, 1.165) is 16.0 Å². The molecule has 246 valence electrons. The minimum absolute atomic E-state index is 0.0868. The van der Waals surface area contributed by atoms with Gasteiger partial charge < -0.3 is 9.47 Å². The molecule has 8 heteroatoms. The van der Waals surface area contributed by atoms with Crippen LogP contribution in [0, 0.1) is 13.8 Å². The SMILES string of the molecule is CN1C(=O)c2ccc(Oc3ccc(C(C)(C)C)cc3)cc2C1=O.Cc1ccc(Oc2ccc3c(c2)C(=O)N(c2cccc(C)c2)C3=O)cc1. The normalized spacial score (nSPS) is 13.6. The molecule has 4 amide bonds. The van der Waals surface area contributed by atoms with Gasteiger partial charge >= 0.3 is 0 Å². The maximum Gasteiger partial charge on any atom is 0.266 e. The molecule has 0 bridgehead atoms. The van der Waals surface area contributed by atoms with Crippen LogP contribution in [-0.2, 0) is 5.41 Å². The Kier molecular flexibility index (Phi) is 8.65. The zero-order valence-electron chi connectivity index (χ0n) is 28.2. The Bertz CT molecular complexity index is 2110. The molecule has 0 atom stereocenters. The first-order valence-corrected chi connectivity index (χ1v) is 15.9. The molecule has 8 nitrogen and oxygen atoms in total. The van der Waals surface area contributed by atoms with Gasteiger partial charge in [-0.2, -0.15) is 0 Å². The predicted octanol–water partition coefficient (Wildman–Crippen LogP) is 8.90. The van der Waals surface area contributed by atoms with Crippen LogP contribution in [0.25, 0.3) is 0 Å². The number of benzene rings is 5. The Labute approximate surface area is 285 Å². The third kappa shape index (κ3) is 6.71. The molecule has 0 aliphatic carbocycles. The van der Waals surface area contributed by atoms with Crippen molar-refractivity contribution in [3.05, 3.63) is 148 Å². The van der Waals surface area contributed by atoms with Crippen LogP contribution in [0.4, 0.5) is 5.69 Å². The van der Waals surface area contributed by atoms with Crippen molar-refractivity contribution >= 4 is 29.3 Å².